The molecule has 0 radical (unpaired) electrons. The fourth-order valence-corrected chi connectivity index (χ4v) is 9.95. The molecule has 0 saturated carbocycles. The number of para-hydroxylation sites is 4. The highest BCUT2D eigenvalue weighted by atomic mass is 15.0. The Balaban J connectivity index is 0.843. The lowest BCUT2D eigenvalue weighted by Gasteiger charge is -2.21. The molecule has 278 valence electrons. The van der Waals surface area contributed by atoms with Crippen LogP contribution in [0.3, 0.4) is 0 Å². The van der Waals surface area contributed by atoms with Gasteiger partial charge in [-0.1, -0.05) is 86.6 Å². The summed E-state index contributed by atoms with van der Waals surface area (Å²) in [5.41, 5.74) is 18.0. The number of rotatable bonds is 4. The first-order valence-corrected chi connectivity index (χ1v) is 20.2. The molecule has 8 aromatic carbocycles. The highest BCUT2D eigenvalue weighted by Gasteiger charge is 2.37. The van der Waals surface area contributed by atoms with Crippen molar-refractivity contribution in [3.63, 3.8) is 0 Å². The highest BCUT2D eigenvalue weighted by molar-refractivity contribution is 6.10. The summed E-state index contributed by atoms with van der Waals surface area (Å²) in [6.45, 7) is 4.63. The first-order valence-electron chi connectivity index (χ1n) is 20.2. The summed E-state index contributed by atoms with van der Waals surface area (Å²) in [5.74, 6) is 1.74. The van der Waals surface area contributed by atoms with E-state index in [0.717, 1.165) is 56.2 Å². The van der Waals surface area contributed by atoms with E-state index in [1.807, 2.05) is 0 Å². The topological polar surface area (TPSA) is 67.2 Å². The molecule has 0 spiro atoms. The van der Waals surface area contributed by atoms with Crippen LogP contribution in [0, 0.1) is 0 Å². The van der Waals surface area contributed by atoms with Gasteiger partial charge in [-0.2, -0.15) is 0 Å². The van der Waals surface area contributed by atoms with Gasteiger partial charge < -0.3 is 19.1 Å². The van der Waals surface area contributed by atoms with Crippen LogP contribution >= 0.6 is 0 Å². The summed E-state index contributed by atoms with van der Waals surface area (Å²) < 4.78 is 4.70. The molecular formula is C53H36N6. The molecule has 1 aliphatic rings. The molecule has 0 amide bonds. The van der Waals surface area contributed by atoms with Crippen molar-refractivity contribution in [3.8, 4) is 45.3 Å². The number of H-pyrrole nitrogens is 2. The second kappa shape index (κ2) is 11.7. The normalized spacial score (nSPS) is 13.4. The molecule has 1 aliphatic carbocycles. The Kier molecular flexibility index (Phi) is 6.41. The third-order valence-electron chi connectivity index (χ3n) is 12.8. The zero-order chi connectivity index (χ0) is 39.0. The molecule has 0 atom stereocenters. The summed E-state index contributed by atoms with van der Waals surface area (Å²) >= 11 is 0. The van der Waals surface area contributed by atoms with Crippen LogP contribution in [0.5, 0.6) is 0 Å². The Labute approximate surface area is 339 Å². The van der Waals surface area contributed by atoms with Crippen molar-refractivity contribution < 1.29 is 0 Å². The maximum absolute atomic E-state index is 5.14. The Morgan fingerprint density at radius 3 is 1.10 bits per heavy atom. The minimum atomic E-state index is -0.209. The van der Waals surface area contributed by atoms with Gasteiger partial charge in [-0.25, -0.2) is 9.97 Å². The SMILES string of the molecule is CC1(C)c2cc3nc(-c4ccc(-n5c6ccccc6c6ccccc65)cc4)[nH]c3cc2-c2cc3[nH]c(-c4ccc(-n5c6ccccc6c6ccccc65)cc4)nc3cc21. The minimum Gasteiger partial charge on any atom is -0.338 e. The first-order chi connectivity index (χ1) is 29.0. The van der Waals surface area contributed by atoms with Gasteiger partial charge >= 0.3 is 0 Å². The monoisotopic (exact) mass is 756 g/mol. The summed E-state index contributed by atoms with van der Waals surface area (Å²) in [4.78, 5) is 17.6. The summed E-state index contributed by atoms with van der Waals surface area (Å²) in [6.07, 6.45) is 0. The van der Waals surface area contributed by atoms with Gasteiger partial charge in [0.25, 0.3) is 0 Å². The maximum Gasteiger partial charge on any atom is 0.138 e. The molecular weight excluding hydrogens is 721 g/mol. The van der Waals surface area contributed by atoms with Crippen molar-refractivity contribution in [3.05, 3.63) is 181 Å². The van der Waals surface area contributed by atoms with Crippen molar-refractivity contribution in [2.24, 2.45) is 0 Å². The molecule has 6 heteroatoms. The fraction of sp³-hybridized carbons (Fsp3) is 0.0566. The molecule has 2 N–H and O–H groups in total. The van der Waals surface area contributed by atoms with Crippen LogP contribution < -0.4 is 0 Å². The molecule has 0 unspecified atom stereocenters. The Morgan fingerprint density at radius 2 is 0.746 bits per heavy atom. The number of aromatic nitrogens is 6. The van der Waals surface area contributed by atoms with Crippen LogP contribution in [0.1, 0.15) is 25.0 Å². The van der Waals surface area contributed by atoms with Gasteiger partial charge in [0.1, 0.15) is 11.6 Å². The molecule has 59 heavy (non-hydrogen) atoms. The number of hydrogen-bond donors (Lipinski definition) is 2. The van der Waals surface area contributed by atoms with E-state index < -0.39 is 0 Å². The van der Waals surface area contributed by atoms with Gasteiger partial charge in [0.15, 0.2) is 0 Å². The number of imidazole rings is 2. The van der Waals surface area contributed by atoms with Gasteiger partial charge in [0.05, 0.1) is 44.1 Å². The molecule has 4 heterocycles. The third kappa shape index (κ3) is 4.57. The van der Waals surface area contributed by atoms with E-state index >= 15 is 0 Å². The number of nitrogens with one attached hydrogen (secondary N) is 2. The number of hydrogen-bond acceptors (Lipinski definition) is 2. The zero-order valence-electron chi connectivity index (χ0n) is 32.5. The minimum absolute atomic E-state index is 0.209. The smallest absolute Gasteiger partial charge is 0.138 e. The summed E-state index contributed by atoms with van der Waals surface area (Å²) in [5, 5.41) is 5.05. The molecule has 0 aliphatic heterocycles. The van der Waals surface area contributed by atoms with E-state index in [1.165, 1.54) is 65.9 Å². The number of fused-ring (bicyclic) bond motifs is 11. The lowest BCUT2D eigenvalue weighted by atomic mass is 9.82. The van der Waals surface area contributed by atoms with Crippen LogP contribution in [0.4, 0.5) is 0 Å². The molecule has 0 saturated heterocycles. The lowest BCUT2D eigenvalue weighted by molar-refractivity contribution is 0.662. The molecule has 0 bridgehead atoms. The van der Waals surface area contributed by atoms with E-state index in [4.69, 9.17) is 9.97 Å². The third-order valence-corrected chi connectivity index (χ3v) is 12.8. The highest BCUT2D eigenvalue weighted by Crippen LogP contribution is 2.51. The van der Waals surface area contributed by atoms with E-state index in [1.54, 1.807) is 0 Å². The van der Waals surface area contributed by atoms with Gasteiger partial charge in [-0.15, -0.1) is 0 Å². The average molecular weight is 757 g/mol. The van der Waals surface area contributed by atoms with Gasteiger partial charge in [0.2, 0.25) is 0 Å². The van der Waals surface area contributed by atoms with Crippen LogP contribution in [0.2, 0.25) is 0 Å². The Bertz CT molecular complexity index is 3330. The zero-order valence-corrected chi connectivity index (χ0v) is 32.5. The van der Waals surface area contributed by atoms with Crippen LogP contribution in [0.15, 0.2) is 170 Å². The van der Waals surface area contributed by atoms with Gasteiger partial charge in [-0.05, 0) is 119 Å². The van der Waals surface area contributed by atoms with E-state index in [-0.39, 0.29) is 5.41 Å². The quantitative estimate of drug-likeness (QED) is 0.188. The Morgan fingerprint density at radius 1 is 0.407 bits per heavy atom. The summed E-state index contributed by atoms with van der Waals surface area (Å²) in [7, 11) is 0. The molecule has 6 nitrogen and oxygen atoms in total. The molecule has 0 fully saturated rings. The predicted octanol–water partition coefficient (Wildman–Crippen LogP) is 13.3. The number of benzene rings is 8. The first kappa shape index (κ1) is 32.4. The van der Waals surface area contributed by atoms with Gasteiger partial charge in [0, 0.05) is 49.5 Å². The second-order valence-corrected chi connectivity index (χ2v) is 16.5. The molecule has 4 aromatic heterocycles. The fourth-order valence-electron chi connectivity index (χ4n) is 9.95. The van der Waals surface area contributed by atoms with Crippen LogP contribution in [-0.4, -0.2) is 29.1 Å². The largest absolute Gasteiger partial charge is 0.338 e. The van der Waals surface area contributed by atoms with Crippen LogP contribution in [0.25, 0.3) is 111 Å². The lowest BCUT2D eigenvalue weighted by Crippen LogP contribution is -2.14. The standard InChI is InChI=1S/C53H36N6/c1-53(2)41-29-45-43(54-51(56-45)31-19-23-33(24-20-31)58-47-15-7-3-11-35(47)36-12-4-8-16-48(36)58)27-39(41)40-28-44-46(30-42(40)53)57-52(55-44)32-21-25-34(26-22-32)59-49-17-9-5-13-37(49)38-14-6-10-18-50(38)59/h3-30H,1-2H3,(H,54,56)(H,55,57). The van der Waals surface area contributed by atoms with Crippen LogP contribution in [-0.2, 0) is 5.41 Å². The molecule has 13 rings (SSSR count). The Hall–Kier alpha value is -7.70. The number of nitrogens with zero attached hydrogens (tertiary/aromatic N) is 4. The van der Waals surface area contributed by atoms with E-state index in [0.29, 0.717) is 0 Å². The maximum atomic E-state index is 5.14. The van der Waals surface area contributed by atoms with Crippen molar-refractivity contribution in [2.45, 2.75) is 19.3 Å². The van der Waals surface area contributed by atoms with Gasteiger partial charge in [-0.3, -0.25) is 0 Å². The van der Waals surface area contributed by atoms with Crippen molar-refractivity contribution in [2.75, 3.05) is 0 Å². The average Bonchev–Trinajstić information content (AvgIpc) is 4.09. The van der Waals surface area contributed by atoms with Crippen molar-refractivity contribution in [1.29, 1.82) is 0 Å². The van der Waals surface area contributed by atoms with E-state index in [2.05, 4.69) is 203 Å². The second-order valence-electron chi connectivity index (χ2n) is 16.5. The summed E-state index contributed by atoms with van der Waals surface area (Å²) in [6, 6.07) is 61.1. The van der Waals surface area contributed by atoms with Crippen molar-refractivity contribution >= 4 is 65.7 Å². The predicted molar refractivity (Wildman–Crippen MR) is 243 cm³/mol. The number of aromatic amines is 2. The van der Waals surface area contributed by atoms with Crippen molar-refractivity contribution in [1.82, 2.24) is 29.1 Å². The van der Waals surface area contributed by atoms with E-state index in [9.17, 15) is 0 Å². The molecule has 12 aromatic rings.